The number of hydrogen-bond donors (Lipinski definition) is 3. The zero-order chi connectivity index (χ0) is 37.2. The van der Waals surface area contributed by atoms with Crippen molar-refractivity contribution in [3.05, 3.63) is 24.3 Å². The van der Waals surface area contributed by atoms with Crippen molar-refractivity contribution in [1.29, 1.82) is 0 Å². The highest BCUT2D eigenvalue weighted by atomic mass is 31.2. The average Bonchev–Trinajstić information content (AvgIpc) is 3.06. The third-order valence-corrected chi connectivity index (χ3v) is 10.2. The number of rotatable bonds is 37. The summed E-state index contributed by atoms with van der Waals surface area (Å²) in [5.41, 5.74) is 0. The maximum Gasteiger partial charge on any atom is 0.472 e. The molecule has 3 N–H and O–H groups in total. The second-order valence-corrected chi connectivity index (χ2v) is 16.8. The quantitative estimate of drug-likeness (QED) is 0.0254. The third-order valence-electron chi connectivity index (χ3n) is 9.17. The first-order valence-electron chi connectivity index (χ1n) is 20.7. The number of carbonyl (C=O) groups is 1. The van der Waals surface area contributed by atoms with Gasteiger partial charge >= 0.3 is 7.82 Å². The minimum absolute atomic E-state index is 0.0580. The number of phosphoric acid groups is 1. The molecule has 0 spiro atoms. The second-order valence-electron chi connectivity index (χ2n) is 15.4. The van der Waals surface area contributed by atoms with Gasteiger partial charge in [0.15, 0.2) is 0 Å². The van der Waals surface area contributed by atoms with Crippen molar-refractivity contribution in [3.8, 4) is 0 Å². The van der Waals surface area contributed by atoms with Crippen LogP contribution in [0.15, 0.2) is 24.3 Å². The summed E-state index contributed by atoms with van der Waals surface area (Å²) in [7, 11) is 1.56. The smallest absolute Gasteiger partial charge is 0.387 e. The molecule has 8 nitrogen and oxygen atoms in total. The monoisotopic (exact) mass is 730 g/mol. The standard InChI is InChI=1S/C41H81N2O6P/c1-6-8-10-12-14-16-18-20-21-23-24-26-28-30-32-34-40(44)39(38-49-50(46,47)48-37-36-43(3,4)5)42-41(45)35-33-31-29-27-25-22-19-17-15-13-11-9-7-2/h24,26,32,34,39-40,44H,6-23,25,27-31,33,35-38H2,1-5H3,(H-,42,45,46,47)/p+1/b26-24+,34-32+. The number of likely N-dealkylation sites (N-methyl/N-ethyl adjacent to an activating group) is 1. The van der Waals surface area contributed by atoms with Crippen molar-refractivity contribution < 1.29 is 32.9 Å². The first-order valence-corrected chi connectivity index (χ1v) is 22.2. The summed E-state index contributed by atoms with van der Waals surface area (Å²) in [4.78, 5) is 23.0. The predicted molar refractivity (Wildman–Crippen MR) is 212 cm³/mol. The molecule has 0 fully saturated rings. The normalized spacial score (nSPS) is 14.8. The Morgan fingerprint density at radius 3 is 1.60 bits per heavy atom. The predicted octanol–water partition coefficient (Wildman–Crippen LogP) is 11.0. The number of hydrogen-bond acceptors (Lipinski definition) is 5. The number of phosphoric ester groups is 1. The van der Waals surface area contributed by atoms with Crippen LogP contribution in [0.4, 0.5) is 0 Å². The van der Waals surface area contributed by atoms with Gasteiger partial charge in [0, 0.05) is 6.42 Å². The van der Waals surface area contributed by atoms with Crippen molar-refractivity contribution in [2.45, 2.75) is 193 Å². The fraction of sp³-hybridized carbons (Fsp3) is 0.878. The van der Waals surface area contributed by atoms with E-state index in [1.165, 1.54) is 122 Å². The first-order chi connectivity index (χ1) is 24.0. The number of quaternary nitrogens is 1. The van der Waals surface area contributed by atoms with Crippen LogP contribution in [-0.2, 0) is 18.4 Å². The highest BCUT2D eigenvalue weighted by Gasteiger charge is 2.27. The van der Waals surface area contributed by atoms with Crippen LogP contribution in [0.1, 0.15) is 181 Å². The Morgan fingerprint density at radius 2 is 1.10 bits per heavy atom. The van der Waals surface area contributed by atoms with Crippen molar-refractivity contribution >= 4 is 13.7 Å². The van der Waals surface area contributed by atoms with E-state index in [9.17, 15) is 19.4 Å². The van der Waals surface area contributed by atoms with E-state index < -0.39 is 20.0 Å². The van der Waals surface area contributed by atoms with E-state index in [1.807, 2.05) is 27.2 Å². The number of amides is 1. The van der Waals surface area contributed by atoms with Gasteiger partial charge in [0.05, 0.1) is 39.9 Å². The Morgan fingerprint density at radius 1 is 0.660 bits per heavy atom. The van der Waals surface area contributed by atoms with Crippen LogP contribution in [0.2, 0.25) is 0 Å². The lowest BCUT2D eigenvalue weighted by Crippen LogP contribution is -2.45. The van der Waals surface area contributed by atoms with E-state index in [4.69, 9.17) is 9.05 Å². The lowest BCUT2D eigenvalue weighted by atomic mass is 10.0. The lowest BCUT2D eigenvalue weighted by Gasteiger charge is -2.25. The van der Waals surface area contributed by atoms with Crippen molar-refractivity contribution in [3.63, 3.8) is 0 Å². The molecular formula is C41H82N2O6P+. The fourth-order valence-corrected chi connectivity index (χ4v) is 6.56. The molecule has 50 heavy (non-hydrogen) atoms. The van der Waals surface area contributed by atoms with Crippen LogP contribution in [0.3, 0.4) is 0 Å². The molecule has 3 unspecified atom stereocenters. The van der Waals surface area contributed by atoms with Gasteiger partial charge in [-0.15, -0.1) is 0 Å². The first kappa shape index (κ1) is 49.0. The van der Waals surface area contributed by atoms with Gasteiger partial charge in [-0.3, -0.25) is 13.8 Å². The van der Waals surface area contributed by atoms with Gasteiger partial charge in [0.2, 0.25) is 5.91 Å². The van der Waals surface area contributed by atoms with Crippen LogP contribution in [0.25, 0.3) is 0 Å². The molecule has 296 valence electrons. The zero-order valence-corrected chi connectivity index (χ0v) is 34.3. The number of allylic oxidation sites excluding steroid dienone is 3. The molecule has 0 rings (SSSR count). The van der Waals surface area contributed by atoms with E-state index in [-0.39, 0.29) is 19.1 Å². The molecule has 0 aliphatic carbocycles. The van der Waals surface area contributed by atoms with Crippen LogP contribution < -0.4 is 5.32 Å². The minimum Gasteiger partial charge on any atom is -0.387 e. The van der Waals surface area contributed by atoms with E-state index in [0.29, 0.717) is 17.4 Å². The largest absolute Gasteiger partial charge is 0.472 e. The summed E-state index contributed by atoms with van der Waals surface area (Å²) in [6.07, 6.45) is 38.1. The van der Waals surface area contributed by atoms with Crippen molar-refractivity contribution in [2.75, 3.05) is 40.9 Å². The van der Waals surface area contributed by atoms with Crippen molar-refractivity contribution in [1.82, 2.24) is 5.32 Å². The van der Waals surface area contributed by atoms with Crippen LogP contribution in [0.5, 0.6) is 0 Å². The topological polar surface area (TPSA) is 105 Å². The average molecular weight is 730 g/mol. The number of unbranched alkanes of at least 4 members (excludes halogenated alkanes) is 22. The molecule has 0 aliphatic heterocycles. The van der Waals surface area contributed by atoms with Gasteiger partial charge in [0.25, 0.3) is 0 Å². The molecule has 0 saturated heterocycles. The van der Waals surface area contributed by atoms with Gasteiger partial charge in [-0.1, -0.05) is 167 Å². The van der Waals surface area contributed by atoms with Gasteiger partial charge < -0.3 is 19.8 Å². The summed E-state index contributed by atoms with van der Waals surface area (Å²) in [5.74, 6) is -0.188. The summed E-state index contributed by atoms with van der Waals surface area (Å²) >= 11 is 0. The number of aliphatic hydroxyl groups is 1. The van der Waals surface area contributed by atoms with E-state index in [0.717, 1.165) is 38.5 Å². The second kappa shape index (κ2) is 33.8. The number of nitrogens with one attached hydrogen (secondary N) is 1. The molecule has 0 heterocycles. The Balaban J connectivity index is 4.53. The molecule has 0 aromatic heterocycles. The highest BCUT2D eigenvalue weighted by molar-refractivity contribution is 7.47. The zero-order valence-electron chi connectivity index (χ0n) is 33.4. The molecule has 0 radical (unpaired) electrons. The molecule has 9 heteroatoms. The van der Waals surface area contributed by atoms with Crippen LogP contribution in [0, 0.1) is 0 Å². The summed E-state index contributed by atoms with van der Waals surface area (Å²) in [6, 6.07) is -0.856. The summed E-state index contributed by atoms with van der Waals surface area (Å²) < 4.78 is 23.5. The van der Waals surface area contributed by atoms with Gasteiger partial charge in [-0.05, 0) is 32.1 Å². The Kier molecular flexibility index (Phi) is 33.1. The Labute approximate surface area is 309 Å². The number of carbonyl (C=O) groups excluding carboxylic acids is 1. The molecule has 0 aromatic rings. The SMILES string of the molecule is CCCCCCCCCCC/C=C/CC/C=C/C(O)C(COP(=O)(O)OCC[N+](C)(C)C)NC(=O)CCCCCCCCCCCCCCC. The lowest BCUT2D eigenvalue weighted by molar-refractivity contribution is -0.870. The fourth-order valence-electron chi connectivity index (χ4n) is 5.82. The molecule has 0 saturated carbocycles. The Bertz CT molecular complexity index is 876. The minimum atomic E-state index is -4.34. The van der Waals surface area contributed by atoms with Crippen LogP contribution >= 0.6 is 7.82 Å². The third kappa shape index (κ3) is 35.4. The molecule has 3 atom stereocenters. The number of aliphatic hydroxyl groups excluding tert-OH is 1. The van der Waals surface area contributed by atoms with E-state index >= 15 is 0 Å². The highest BCUT2D eigenvalue weighted by Crippen LogP contribution is 2.43. The molecule has 0 aromatic carbocycles. The van der Waals surface area contributed by atoms with Crippen molar-refractivity contribution in [2.24, 2.45) is 0 Å². The van der Waals surface area contributed by atoms with Crippen LogP contribution in [-0.4, -0.2) is 73.4 Å². The summed E-state index contributed by atoms with van der Waals surface area (Å²) in [6.45, 7) is 4.78. The Hall–Kier alpha value is -1.02. The molecule has 0 bridgehead atoms. The van der Waals surface area contributed by atoms with E-state index in [1.54, 1.807) is 6.08 Å². The maximum atomic E-state index is 12.8. The van der Waals surface area contributed by atoms with Gasteiger partial charge in [0.1, 0.15) is 13.2 Å². The van der Waals surface area contributed by atoms with E-state index in [2.05, 4.69) is 31.3 Å². The van der Waals surface area contributed by atoms with Gasteiger partial charge in [-0.2, -0.15) is 0 Å². The maximum absolute atomic E-state index is 12.8. The molecule has 0 aliphatic rings. The van der Waals surface area contributed by atoms with Gasteiger partial charge in [-0.25, -0.2) is 4.57 Å². The molecule has 1 amide bonds. The number of nitrogens with zero attached hydrogens (tertiary/aromatic N) is 1. The molecular weight excluding hydrogens is 647 g/mol. The summed E-state index contributed by atoms with van der Waals surface area (Å²) in [5, 5.41) is 13.8.